The number of benzene rings is 1. The van der Waals surface area contributed by atoms with Crippen LogP contribution in [0.1, 0.15) is 32.6 Å². The highest BCUT2D eigenvalue weighted by molar-refractivity contribution is 7.22. The lowest BCUT2D eigenvalue weighted by molar-refractivity contribution is 0.268. The van der Waals surface area contributed by atoms with Gasteiger partial charge in [-0.3, -0.25) is 0 Å². The van der Waals surface area contributed by atoms with Crippen LogP contribution in [0.3, 0.4) is 0 Å². The Kier molecular flexibility index (Phi) is 3.60. The SMILES string of the molecule is CC1CCCCC1CNc1nc2ccc(N)cc2s1. The molecule has 0 spiro atoms. The number of fused-ring (bicyclic) bond motifs is 1. The molecule has 0 radical (unpaired) electrons. The fraction of sp³-hybridized carbons (Fsp3) is 0.533. The van der Waals surface area contributed by atoms with Gasteiger partial charge in [0.05, 0.1) is 10.2 Å². The van der Waals surface area contributed by atoms with Gasteiger partial charge in [0.2, 0.25) is 0 Å². The predicted octanol–water partition coefficient (Wildman–Crippen LogP) is 4.12. The minimum atomic E-state index is 0.797. The number of aromatic nitrogens is 1. The molecule has 1 fully saturated rings. The lowest BCUT2D eigenvalue weighted by Crippen LogP contribution is -2.24. The number of nitrogens with zero attached hydrogens (tertiary/aromatic N) is 1. The van der Waals surface area contributed by atoms with Crippen LogP contribution in [-0.2, 0) is 0 Å². The predicted molar refractivity (Wildman–Crippen MR) is 83.6 cm³/mol. The lowest BCUT2D eigenvalue weighted by atomic mass is 9.80. The quantitative estimate of drug-likeness (QED) is 0.829. The van der Waals surface area contributed by atoms with E-state index in [2.05, 4.69) is 17.2 Å². The highest BCUT2D eigenvalue weighted by Crippen LogP contribution is 2.31. The van der Waals surface area contributed by atoms with Crippen LogP contribution in [0.15, 0.2) is 18.2 Å². The third-order valence-electron chi connectivity index (χ3n) is 4.22. The van der Waals surface area contributed by atoms with Gasteiger partial charge in [-0.15, -0.1) is 0 Å². The van der Waals surface area contributed by atoms with E-state index < -0.39 is 0 Å². The molecule has 0 bridgehead atoms. The zero-order valence-corrected chi connectivity index (χ0v) is 12.2. The highest BCUT2D eigenvalue weighted by Gasteiger charge is 2.21. The molecule has 19 heavy (non-hydrogen) atoms. The first-order chi connectivity index (χ1) is 9.22. The van der Waals surface area contributed by atoms with E-state index in [4.69, 9.17) is 5.73 Å². The van der Waals surface area contributed by atoms with E-state index in [9.17, 15) is 0 Å². The summed E-state index contributed by atoms with van der Waals surface area (Å²) in [4.78, 5) is 4.62. The maximum atomic E-state index is 5.80. The van der Waals surface area contributed by atoms with Crippen LogP contribution < -0.4 is 11.1 Å². The normalized spacial score (nSPS) is 23.6. The lowest BCUT2D eigenvalue weighted by Gasteiger charge is -2.28. The Labute approximate surface area is 118 Å². The van der Waals surface area contributed by atoms with Crippen LogP contribution in [0.25, 0.3) is 10.2 Å². The van der Waals surface area contributed by atoms with E-state index in [1.165, 1.54) is 30.4 Å². The first-order valence-corrected chi connectivity index (χ1v) is 7.94. The Hall–Kier alpha value is -1.29. The second-order valence-electron chi connectivity index (χ2n) is 5.65. The van der Waals surface area contributed by atoms with Gasteiger partial charge in [0.1, 0.15) is 0 Å². The number of hydrogen-bond acceptors (Lipinski definition) is 4. The Morgan fingerprint density at radius 3 is 3.05 bits per heavy atom. The molecule has 2 aromatic rings. The molecule has 1 heterocycles. The molecule has 0 saturated heterocycles. The first-order valence-electron chi connectivity index (χ1n) is 7.12. The number of anilines is 2. The Morgan fingerprint density at radius 1 is 1.37 bits per heavy atom. The number of nitrogen functional groups attached to an aromatic ring is 1. The fourth-order valence-corrected chi connectivity index (χ4v) is 3.85. The molecule has 3 rings (SSSR count). The van der Waals surface area contributed by atoms with E-state index >= 15 is 0 Å². The third-order valence-corrected chi connectivity index (χ3v) is 5.19. The molecule has 102 valence electrons. The van der Waals surface area contributed by atoms with Crippen molar-refractivity contribution >= 4 is 32.4 Å². The van der Waals surface area contributed by atoms with Gasteiger partial charge < -0.3 is 11.1 Å². The van der Waals surface area contributed by atoms with Gasteiger partial charge in [0, 0.05) is 12.2 Å². The molecule has 0 amide bonds. The van der Waals surface area contributed by atoms with Gasteiger partial charge in [-0.25, -0.2) is 4.98 Å². The van der Waals surface area contributed by atoms with Crippen LogP contribution in [0.2, 0.25) is 0 Å². The second-order valence-corrected chi connectivity index (χ2v) is 6.68. The van der Waals surface area contributed by atoms with Crippen LogP contribution in [0, 0.1) is 11.8 Å². The van der Waals surface area contributed by atoms with Crippen LogP contribution in [0.5, 0.6) is 0 Å². The molecule has 1 aliphatic carbocycles. The van der Waals surface area contributed by atoms with E-state index in [1.807, 2.05) is 18.2 Å². The molecule has 2 unspecified atom stereocenters. The van der Waals surface area contributed by atoms with Crippen molar-refractivity contribution in [3.8, 4) is 0 Å². The summed E-state index contributed by atoms with van der Waals surface area (Å²) < 4.78 is 1.17. The van der Waals surface area contributed by atoms with Crippen molar-refractivity contribution in [2.45, 2.75) is 32.6 Å². The number of thiazole rings is 1. The number of nitrogens with one attached hydrogen (secondary N) is 1. The van der Waals surface area contributed by atoms with Crippen molar-refractivity contribution in [1.29, 1.82) is 0 Å². The van der Waals surface area contributed by atoms with Crippen molar-refractivity contribution < 1.29 is 0 Å². The van der Waals surface area contributed by atoms with E-state index in [-0.39, 0.29) is 0 Å². The molecule has 4 heteroatoms. The summed E-state index contributed by atoms with van der Waals surface area (Å²) in [5.41, 5.74) is 7.65. The summed E-state index contributed by atoms with van der Waals surface area (Å²) in [5.74, 6) is 1.64. The van der Waals surface area contributed by atoms with Gasteiger partial charge in [0.25, 0.3) is 0 Å². The molecule has 0 aliphatic heterocycles. The maximum absolute atomic E-state index is 5.80. The average Bonchev–Trinajstić information content (AvgIpc) is 2.79. The Morgan fingerprint density at radius 2 is 2.21 bits per heavy atom. The minimum absolute atomic E-state index is 0.797. The summed E-state index contributed by atoms with van der Waals surface area (Å²) in [6.07, 6.45) is 5.51. The molecule has 3 N–H and O–H groups in total. The summed E-state index contributed by atoms with van der Waals surface area (Å²) in [7, 11) is 0. The minimum Gasteiger partial charge on any atom is -0.399 e. The van der Waals surface area contributed by atoms with Gasteiger partial charge >= 0.3 is 0 Å². The van der Waals surface area contributed by atoms with Crippen LogP contribution in [-0.4, -0.2) is 11.5 Å². The average molecular weight is 275 g/mol. The maximum Gasteiger partial charge on any atom is 0.183 e. The van der Waals surface area contributed by atoms with Crippen molar-refractivity contribution in [1.82, 2.24) is 4.98 Å². The summed E-state index contributed by atoms with van der Waals surface area (Å²) >= 11 is 1.70. The van der Waals surface area contributed by atoms with Gasteiger partial charge in [-0.2, -0.15) is 0 Å². The zero-order valence-electron chi connectivity index (χ0n) is 11.4. The van der Waals surface area contributed by atoms with Gasteiger partial charge in [-0.1, -0.05) is 37.5 Å². The topological polar surface area (TPSA) is 50.9 Å². The molecule has 3 nitrogen and oxygen atoms in total. The standard InChI is InChI=1S/C15H21N3S/c1-10-4-2-3-5-11(10)9-17-15-18-13-7-6-12(16)8-14(13)19-15/h6-8,10-11H,2-5,9,16H2,1H3,(H,17,18). The second kappa shape index (κ2) is 5.37. The molecule has 1 aromatic heterocycles. The van der Waals surface area contributed by atoms with Crippen molar-refractivity contribution in [2.24, 2.45) is 11.8 Å². The number of rotatable bonds is 3. The van der Waals surface area contributed by atoms with Gasteiger partial charge in [-0.05, 0) is 36.5 Å². The number of hydrogen-bond donors (Lipinski definition) is 2. The summed E-state index contributed by atoms with van der Waals surface area (Å²) in [6.45, 7) is 3.43. The van der Waals surface area contributed by atoms with Crippen LogP contribution in [0.4, 0.5) is 10.8 Å². The Bertz CT molecular complexity index is 564. The molecule has 2 atom stereocenters. The molecular formula is C15H21N3S. The van der Waals surface area contributed by atoms with Crippen molar-refractivity contribution in [3.63, 3.8) is 0 Å². The smallest absolute Gasteiger partial charge is 0.183 e. The molecular weight excluding hydrogens is 254 g/mol. The molecule has 1 aliphatic rings. The largest absolute Gasteiger partial charge is 0.399 e. The number of nitrogens with two attached hydrogens (primary N) is 1. The highest BCUT2D eigenvalue weighted by atomic mass is 32.1. The van der Waals surface area contributed by atoms with E-state index in [0.29, 0.717) is 0 Å². The zero-order chi connectivity index (χ0) is 13.2. The van der Waals surface area contributed by atoms with Crippen LogP contribution >= 0.6 is 11.3 Å². The van der Waals surface area contributed by atoms with Crippen molar-refractivity contribution in [3.05, 3.63) is 18.2 Å². The first kappa shape index (κ1) is 12.7. The summed E-state index contributed by atoms with van der Waals surface area (Å²) in [6, 6.07) is 5.91. The summed E-state index contributed by atoms with van der Waals surface area (Å²) in [5, 5.41) is 4.55. The van der Waals surface area contributed by atoms with E-state index in [0.717, 1.165) is 34.7 Å². The third kappa shape index (κ3) is 2.84. The Balaban J connectivity index is 1.68. The monoisotopic (exact) mass is 275 g/mol. The van der Waals surface area contributed by atoms with Crippen molar-refractivity contribution in [2.75, 3.05) is 17.6 Å². The van der Waals surface area contributed by atoms with Gasteiger partial charge in [0.15, 0.2) is 5.13 Å². The molecule has 1 saturated carbocycles. The fourth-order valence-electron chi connectivity index (χ4n) is 2.93. The van der Waals surface area contributed by atoms with E-state index in [1.54, 1.807) is 11.3 Å². The molecule has 1 aromatic carbocycles.